The predicted octanol–water partition coefficient (Wildman–Crippen LogP) is 3.83. The molecule has 0 saturated carbocycles. The lowest BCUT2D eigenvalue weighted by Gasteiger charge is -2.30. The number of rotatable bonds is 2. The van der Waals surface area contributed by atoms with Crippen LogP contribution in [0, 0.1) is 11.3 Å². The Kier molecular flexibility index (Phi) is 3.64. The van der Waals surface area contributed by atoms with E-state index in [0.717, 1.165) is 42.7 Å². The molecule has 1 aliphatic rings. The molecule has 23 heavy (non-hydrogen) atoms. The molecular formula is C18H18N4S. The van der Waals surface area contributed by atoms with Gasteiger partial charge in [0.05, 0.1) is 17.1 Å². The fraction of sp³-hybridized carbons (Fsp3) is 0.333. The molecule has 116 valence electrons. The molecule has 3 aromatic rings. The van der Waals surface area contributed by atoms with E-state index in [1.807, 2.05) is 18.2 Å². The van der Waals surface area contributed by atoms with Gasteiger partial charge in [0.1, 0.15) is 5.82 Å². The molecule has 1 fully saturated rings. The fourth-order valence-corrected chi connectivity index (χ4v) is 4.16. The molecule has 1 aliphatic heterocycles. The number of pyridine rings is 1. The number of likely N-dealkylation sites (tertiary alicyclic amines) is 1. The number of hydrogen-bond donors (Lipinski definition) is 1. The zero-order chi connectivity index (χ0) is 15.8. The number of nitrogens with zero attached hydrogens (tertiary/aromatic N) is 3. The SMILES string of the molecule is CN1CCC(Nc2nc3cc(C#N)ccc3c3sccc23)CC1. The maximum Gasteiger partial charge on any atom is 0.135 e. The fourth-order valence-electron chi connectivity index (χ4n) is 3.23. The molecule has 0 unspecified atom stereocenters. The molecule has 0 amide bonds. The summed E-state index contributed by atoms with van der Waals surface area (Å²) >= 11 is 1.74. The number of benzene rings is 1. The Morgan fingerprint density at radius 2 is 2.09 bits per heavy atom. The molecule has 0 spiro atoms. The van der Waals surface area contributed by atoms with E-state index in [4.69, 9.17) is 10.2 Å². The van der Waals surface area contributed by atoms with Crippen LogP contribution in [0.5, 0.6) is 0 Å². The van der Waals surface area contributed by atoms with Gasteiger partial charge in [0.15, 0.2) is 0 Å². The standard InChI is InChI=1S/C18H18N4S/c1-22-7-4-13(5-8-22)20-18-15-6-9-23-17(15)14-3-2-12(11-19)10-16(14)21-18/h2-3,6,9-10,13H,4-5,7-8H2,1H3,(H,20,21). The summed E-state index contributed by atoms with van der Waals surface area (Å²) in [7, 11) is 2.17. The molecule has 4 nitrogen and oxygen atoms in total. The maximum atomic E-state index is 9.13. The van der Waals surface area contributed by atoms with Gasteiger partial charge in [0.25, 0.3) is 0 Å². The van der Waals surface area contributed by atoms with Crippen LogP contribution in [0.3, 0.4) is 0 Å². The lowest BCUT2D eigenvalue weighted by Crippen LogP contribution is -2.36. The molecule has 0 aliphatic carbocycles. The zero-order valence-corrected chi connectivity index (χ0v) is 13.9. The number of nitrogens with one attached hydrogen (secondary N) is 1. The molecule has 2 aromatic heterocycles. The molecule has 5 heteroatoms. The number of hydrogen-bond acceptors (Lipinski definition) is 5. The van der Waals surface area contributed by atoms with Gasteiger partial charge in [-0.25, -0.2) is 4.98 Å². The smallest absolute Gasteiger partial charge is 0.135 e. The average molecular weight is 322 g/mol. The van der Waals surface area contributed by atoms with Crippen molar-refractivity contribution in [2.45, 2.75) is 18.9 Å². The summed E-state index contributed by atoms with van der Waals surface area (Å²) in [5.74, 6) is 0.957. The molecule has 1 aromatic carbocycles. The zero-order valence-electron chi connectivity index (χ0n) is 13.0. The molecule has 0 atom stereocenters. The highest BCUT2D eigenvalue weighted by Gasteiger charge is 2.18. The minimum atomic E-state index is 0.471. The Hall–Kier alpha value is -2.16. The number of fused-ring (bicyclic) bond motifs is 3. The van der Waals surface area contributed by atoms with Crippen LogP contribution in [-0.4, -0.2) is 36.1 Å². The third-order valence-corrected chi connectivity index (χ3v) is 5.53. The van der Waals surface area contributed by atoms with Gasteiger partial charge in [0.2, 0.25) is 0 Å². The molecule has 0 radical (unpaired) electrons. The van der Waals surface area contributed by atoms with Crippen molar-refractivity contribution in [2.24, 2.45) is 0 Å². The topological polar surface area (TPSA) is 52.0 Å². The van der Waals surface area contributed by atoms with Crippen molar-refractivity contribution in [2.75, 3.05) is 25.5 Å². The number of piperidine rings is 1. The van der Waals surface area contributed by atoms with Crippen LogP contribution >= 0.6 is 11.3 Å². The maximum absolute atomic E-state index is 9.13. The van der Waals surface area contributed by atoms with Gasteiger partial charge in [-0.05, 0) is 56.6 Å². The summed E-state index contributed by atoms with van der Waals surface area (Å²) in [6.07, 6.45) is 2.28. The Morgan fingerprint density at radius 3 is 2.87 bits per heavy atom. The largest absolute Gasteiger partial charge is 0.367 e. The van der Waals surface area contributed by atoms with E-state index in [0.29, 0.717) is 11.6 Å². The number of anilines is 1. The molecular weight excluding hydrogens is 304 g/mol. The lowest BCUT2D eigenvalue weighted by molar-refractivity contribution is 0.264. The van der Waals surface area contributed by atoms with Crippen molar-refractivity contribution >= 4 is 38.1 Å². The van der Waals surface area contributed by atoms with E-state index in [1.165, 1.54) is 10.1 Å². The summed E-state index contributed by atoms with van der Waals surface area (Å²) in [6, 6.07) is 10.6. The highest BCUT2D eigenvalue weighted by Crippen LogP contribution is 2.34. The van der Waals surface area contributed by atoms with Crippen LogP contribution in [0.4, 0.5) is 5.82 Å². The minimum absolute atomic E-state index is 0.471. The Labute approximate surface area is 139 Å². The number of nitriles is 1. The highest BCUT2D eigenvalue weighted by atomic mass is 32.1. The van der Waals surface area contributed by atoms with E-state index in [9.17, 15) is 0 Å². The summed E-state index contributed by atoms with van der Waals surface area (Å²) in [5, 5.41) is 17.2. The Morgan fingerprint density at radius 1 is 1.26 bits per heavy atom. The molecule has 3 heterocycles. The lowest BCUT2D eigenvalue weighted by atomic mass is 10.1. The van der Waals surface area contributed by atoms with Gasteiger partial charge in [-0.1, -0.05) is 6.07 Å². The van der Waals surface area contributed by atoms with Crippen LogP contribution < -0.4 is 5.32 Å². The highest BCUT2D eigenvalue weighted by molar-refractivity contribution is 7.18. The van der Waals surface area contributed by atoms with E-state index in [1.54, 1.807) is 11.3 Å². The van der Waals surface area contributed by atoms with Crippen molar-refractivity contribution < 1.29 is 0 Å². The summed E-state index contributed by atoms with van der Waals surface area (Å²) in [4.78, 5) is 7.19. The second-order valence-electron chi connectivity index (χ2n) is 6.19. The normalized spacial score (nSPS) is 16.7. The third-order valence-electron chi connectivity index (χ3n) is 4.58. The third kappa shape index (κ3) is 2.65. The van der Waals surface area contributed by atoms with Crippen molar-refractivity contribution in [3.8, 4) is 6.07 Å². The summed E-state index contributed by atoms with van der Waals surface area (Å²) in [5.41, 5.74) is 1.56. The van der Waals surface area contributed by atoms with E-state index in [2.05, 4.69) is 34.8 Å². The van der Waals surface area contributed by atoms with E-state index >= 15 is 0 Å². The Bertz CT molecular complexity index is 900. The van der Waals surface area contributed by atoms with E-state index in [-0.39, 0.29) is 0 Å². The average Bonchev–Trinajstić information content (AvgIpc) is 3.06. The first kappa shape index (κ1) is 14.4. The first-order valence-electron chi connectivity index (χ1n) is 7.91. The summed E-state index contributed by atoms with van der Waals surface area (Å²) < 4.78 is 1.25. The Balaban J connectivity index is 1.78. The van der Waals surface area contributed by atoms with Gasteiger partial charge in [-0.3, -0.25) is 0 Å². The predicted molar refractivity (Wildman–Crippen MR) is 96.0 cm³/mol. The molecule has 1 N–H and O–H groups in total. The van der Waals surface area contributed by atoms with Crippen LogP contribution in [0.1, 0.15) is 18.4 Å². The second kappa shape index (κ2) is 5.80. The first-order chi connectivity index (χ1) is 11.2. The first-order valence-corrected chi connectivity index (χ1v) is 8.79. The quantitative estimate of drug-likeness (QED) is 0.779. The van der Waals surface area contributed by atoms with Gasteiger partial charge in [0, 0.05) is 21.5 Å². The van der Waals surface area contributed by atoms with Gasteiger partial charge < -0.3 is 10.2 Å². The van der Waals surface area contributed by atoms with Crippen molar-refractivity contribution in [3.63, 3.8) is 0 Å². The van der Waals surface area contributed by atoms with Crippen molar-refractivity contribution in [1.82, 2.24) is 9.88 Å². The number of thiophene rings is 1. The van der Waals surface area contributed by atoms with Crippen LogP contribution in [0.25, 0.3) is 21.0 Å². The van der Waals surface area contributed by atoms with E-state index < -0.39 is 0 Å². The second-order valence-corrected chi connectivity index (χ2v) is 7.11. The molecule has 0 bridgehead atoms. The number of aromatic nitrogens is 1. The van der Waals surface area contributed by atoms with Crippen LogP contribution in [0.2, 0.25) is 0 Å². The van der Waals surface area contributed by atoms with Gasteiger partial charge in [-0.15, -0.1) is 11.3 Å². The minimum Gasteiger partial charge on any atom is -0.367 e. The van der Waals surface area contributed by atoms with Crippen molar-refractivity contribution in [1.29, 1.82) is 5.26 Å². The summed E-state index contributed by atoms with van der Waals surface area (Å²) in [6.45, 7) is 2.24. The monoisotopic (exact) mass is 322 g/mol. The molecule has 4 rings (SSSR count). The van der Waals surface area contributed by atoms with Gasteiger partial charge >= 0.3 is 0 Å². The van der Waals surface area contributed by atoms with Crippen LogP contribution in [-0.2, 0) is 0 Å². The van der Waals surface area contributed by atoms with Crippen molar-refractivity contribution in [3.05, 3.63) is 35.2 Å². The van der Waals surface area contributed by atoms with Crippen LogP contribution in [0.15, 0.2) is 29.6 Å². The van der Waals surface area contributed by atoms with Gasteiger partial charge in [-0.2, -0.15) is 5.26 Å². The molecule has 1 saturated heterocycles.